The maximum atomic E-state index is 13.5. The van der Waals surface area contributed by atoms with E-state index in [1.807, 2.05) is 104 Å². The number of nitrogens with zero attached hydrogens (tertiary/aromatic N) is 6. The van der Waals surface area contributed by atoms with E-state index in [1.165, 1.54) is 38.5 Å². The molecule has 8 rings (SSSR count). The van der Waals surface area contributed by atoms with Crippen molar-refractivity contribution in [1.29, 1.82) is 0 Å². The standard InChI is InChI=1S/C62H86N12O6S2/c1-77-55-37-49-51(63)39-59(69-53(49)41-57(55)79-3)71-25-29-73(30-26-71)61(75)47-17-13-15-45(35-47)43-67-21-11-7-5-9-19-65-23-33-81-82-34-24-66-20-10-6-8-12-22-68-44-46-16-14-18-48(36-46)62(76)74-31-27-72(28-32-74)60-40-52(64)50-38-56(78-2)58(80-4)42-54(50)70-60/h13-18,35-42,65-68H,5-12,19-34,43-44H2,1-4H3,(H2,63,69)(H2,64,70). The van der Waals surface area contributed by atoms with Crippen LogP contribution in [-0.4, -0.2) is 163 Å². The number of unbranched alkanes of at least 4 members (excludes halogenated alkanes) is 6. The fourth-order valence-corrected chi connectivity index (χ4v) is 12.4. The van der Waals surface area contributed by atoms with Crippen LogP contribution in [0.15, 0.2) is 84.9 Å². The molecular formula is C62H86N12O6S2. The number of methoxy groups -OCH3 is 4. The maximum absolute atomic E-state index is 13.5. The molecule has 2 fully saturated rings. The highest BCUT2D eigenvalue weighted by molar-refractivity contribution is 8.76. The number of aromatic nitrogens is 2. The minimum Gasteiger partial charge on any atom is -0.493 e. The van der Waals surface area contributed by atoms with Crippen LogP contribution < -0.4 is 61.5 Å². The molecular weight excluding hydrogens is 1070 g/mol. The van der Waals surface area contributed by atoms with Crippen LogP contribution in [0.25, 0.3) is 21.8 Å². The van der Waals surface area contributed by atoms with Crippen molar-refractivity contribution < 1.29 is 28.5 Å². The molecule has 2 amide bonds. The normalized spacial score (nSPS) is 13.8. The molecule has 82 heavy (non-hydrogen) atoms. The van der Waals surface area contributed by atoms with E-state index in [9.17, 15) is 9.59 Å². The van der Waals surface area contributed by atoms with E-state index in [2.05, 4.69) is 43.2 Å². The van der Waals surface area contributed by atoms with E-state index in [-0.39, 0.29) is 11.8 Å². The smallest absolute Gasteiger partial charge is 0.253 e. The van der Waals surface area contributed by atoms with Gasteiger partial charge in [0.05, 0.1) is 39.5 Å². The van der Waals surface area contributed by atoms with Crippen molar-refractivity contribution in [1.82, 2.24) is 41.0 Å². The van der Waals surface area contributed by atoms with Crippen molar-refractivity contribution >= 4 is 78.2 Å². The average Bonchev–Trinajstić information content (AvgIpc) is 3.60. The summed E-state index contributed by atoms with van der Waals surface area (Å²) in [7, 11) is 10.3. The van der Waals surface area contributed by atoms with Gasteiger partial charge in [-0.1, -0.05) is 71.5 Å². The van der Waals surface area contributed by atoms with Gasteiger partial charge in [0.1, 0.15) is 11.6 Å². The number of nitrogen functional groups attached to an aromatic ring is 2. The number of carbonyl (C=O) groups excluding carboxylic acids is 2. The molecule has 8 N–H and O–H groups in total. The summed E-state index contributed by atoms with van der Waals surface area (Å²) in [5, 5.41) is 16.0. The molecule has 20 heteroatoms. The van der Waals surface area contributed by atoms with Gasteiger partial charge < -0.3 is 71.3 Å². The number of ether oxygens (including phenoxy) is 4. The predicted molar refractivity (Wildman–Crippen MR) is 339 cm³/mol. The topological polar surface area (TPSA) is 210 Å². The largest absolute Gasteiger partial charge is 0.493 e. The molecule has 0 aliphatic carbocycles. The fraction of sp³-hybridized carbons (Fsp3) is 0.484. The van der Waals surface area contributed by atoms with E-state index in [0.29, 0.717) is 86.7 Å². The lowest BCUT2D eigenvalue weighted by Crippen LogP contribution is -2.49. The minimum absolute atomic E-state index is 0.0632. The SMILES string of the molecule is COc1cc2nc(N3CCN(C(=O)c4cccc(CNCCCCCCNCCSSCCNCCCCCCNCc5cccc(C(=O)N6CCN(c7cc(N)c8cc(OC)c(OC)cc8n7)CC6)c5)c4)CC3)cc(N)c2cc1OC. The summed E-state index contributed by atoms with van der Waals surface area (Å²) < 4.78 is 21.9. The molecule has 0 atom stereocenters. The Kier molecular flexibility index (Phi) is 24.4. The highest BCUT2D eigenvalue weighted by atomic mass is 33.1. The number of piperazine rings is 2. The average molecular weight is 1160 g/mol. The third kappa shape index (κ3) is 17.6. The molecule has 0 spiro atoms. The number of benzene rings is 4. The first-order valence-corrected chi connectivity index (χ1v) is 31.6. The molecule has 0 radical (unpaired) electrons. The zero-order valence-corrected chi connectivity index (χ0v) is 50.2. The van der Waals surface area contributed by atoms with Gasteiger partial charge in [0, 0.05) is 148 Å². The van der Waals surface area contributed by atoms with Crippen LogP contribution in [0.1, 0.15) is 83.2 Å². The molecule has 2 aliphatic heterocycles. The number of fused-ring (bicyclic) bond motifs is 2. The first kappa shape index (κ1) is 61.6. The number of anilines is 4. The van der Waals surface area contributed by atoms with Crippen LogP contribution in [0.5, 0.6) is 23.0 Å². The molecule has 18 nitrogen and oxygen atoms in total. The number of pyridine rings is 2. The van der Waals surface area contributed by atoms with Gasteiger partial charge in [-0.2, -0.15) is 0 Å². The third-order valence-electron chi connectivity index (χ3n) is 15.2. The Labute approximate surface area is 492 Å². The number of rotatable bonds is 33. The molecule has 2 aliphatic rings. The van der Waals surface area contributed by atoms with Crippen LogP contribution in [-0.2, 0) is 13.1 Å². The number of hydrogen-bond acceptors (Lipinski definition) is 18. The number of amides is 2. The Morgan fingerprint density at radius 2 is 0.829 bits per heavy atom. The Morgan fingerprint density at radius 3 is 1.21 bits per heavy atom. The van der Waals surface area contributed by atoms with Crippen LogP contribution in [0.2, 0.25) is 0 Å². The molecule has 0 bridgehead atoms. The Bertz CT molecular complexity index is 2800. The summed E-state index contributed by atoms with van der Waals surface area (Å²) in [5.41, 5.74) is 19.4. The second-order valence-corrected chi connectivity index (χ2v) is 23.6. The lowest BCUT2D eigenvalue weighted by Gasteiger charge is -2.35. The Morgan fingerprint density at radius 1 is 0.463 bits per heavy atom. The van der Waals surface area contributed by atoms with Crippen LogP contribution >= 0.6 is 21.6 Å². The van der Waals surface area contributed by atoms with Crippen LogP contribution in [0.3, 0.4) is 0 Å². The molecule has 2 aromatic heterocycles. The maximum Gasteiger partial charge on any atom is 0.253 e. The summed E-state index contributed by atoms with van der Waals surface area (Å²) in [4.78, 5) is 45.1. The van der Waals surface area contributed by atoms with Crippen molar-refractivity contribution in [3.05, 3.63) is 107 Å². The number of hydrogen-bond donors (Lipinski definition) is 6. The van der Waals surface area contributed by atoms with E-state index in [4.69, 9.17) is 40.4 Å². The molecule has 442 valence electrons. The summed E-state index contributed by atoms with van der Waals surface area (Å²) in [6.07, 6.45) is 9.56. The summed E-state index contributed by atoms with van der Waals surface area (Å²) in [5.74, 6) is 6.39. The monoisotopic (exact) mass is 1160 g/mol. The quantitative estimate of drug-likeness (QED) is 0.0169. The number of nitrogens with two attached hydrogens (primary N) is 2. The van der Waals surface area contributed by atoms with Crippen LogP contribution in [0, 0.1) is 0 Å². The second-order valence-electron chi connectivity index (χ2n) is 20.9. The Hall–Kier alpha value is -6.42. The fourth-order valence-electron chi connectivity index (χ4n) is 10.5. The van der Waals surface area contributed by atoms with Gasteiger partial charge in [-0.05, 0) is 99.4 Å². The van der Waals surface area contributed by atoms with E-state index >= 15 is 0 Å². The lowest BCUT2D eigenvalue weighted by atomic mass is 10.1. The predicted octanol–water partition coefficient (Wildman–Crippen LogP) is 8.47. The van der Waals surface area contributed by atoms with E-state index in [1.54, 1.807) is 28.4 Å². The van der Waals surface area contributed by atoms with Gasteiger partial charge in [-0.15, -0.1) is 0 Å². The van der Waals surface area contributed by atoms with Gasteiger partial charge in [0.15, 0.2) is 23.0 Å². The molecule has 0 saturated carbocycles. The first-order chi connectivity index (χ1) is 40.2. The van der Waals surface area contributed by atoms with Gasteiger partial charge in [-0.25, -0.2) is 9.97 Å². The highest BCUT2D eigenvalue weighted by Crippen LogP contribution is 2.37. The van der Waals surface area contributed by atoms with Crippen molar-refractivity contribution in [2.24, 2.45) is 0 Å². The van der Waals surface area contributed by atoms with Crippen molar-refractivity contribution in [3.63, 3.8) is 0 Å². The summed E-state index contributed by atoms with van der Waals surface area (Å²) >= 11 is 0. The van der Waals surface area contributed by atoms with Crippen molar-refractivity contribution in [2.45, 2.75) is 64.5 Å². The van der Waals surface area contributed by atoms with Gasteiger partial charge in [-0.3, -0.25) is 9.59 Å². The molecule has 6 aromatic rings. The second kappa shape index (κ2) is 32.4. The number of carbonyl (C=O) groups is 2. The van der Waals surface area contributed by atoms with Crippen molar-refractivity contribution in [2.75, 3.05) is 153 Å². The zero-order chi connectivity index (χ0) is 57.5. The minimum atomic E-state index is 0.0632. The summed E-state index contributed by atoms with van der Waals surface area (Å²) in [6, 6.07) is 27.3. The molecule has 2 saturated heterocycles. The van der Waals surface area contributed by atoms with E-state index in [0.717, 1.165) is 132 Å². The number of nitrogens with one attached hydrogen (secondary N) is 4. The highest BCUT2D eigenvalue weighted by Gasteiger charge is 2.26. The van der Waals surface area contributed by atoms with Gasteiger partial charge in [0.2, 0.25) is 0 Å². The van der Waals surface area contributed by atoms with Gasteiger partial charge >= 0.3 is 0 Å². The first-order valence-electron chi connectivity index (χ1n) is 29.1. The van der Waals surface area contributed by atoms with E-state index < -0.39 is 0 Å². The summed E-state index contributed by atoms with van der Waals surface area (Å²) in [6.45, 7) is 12.8. The third-order valence-corrected chi connectivity index (χ3v) is 17.6. The zero-order valence-electron chi connectivity index (χ0n) is 48.6. The van der Waals surface area contributed by atoms with Crippen molar-refractivity contribution in [3.8, 4) is 23.0 Å². The van der Waals surface area contributed by atoms with Crippen LogP contribution in [0.4, 0.5) is 23.0 Å². The molecule has 0 unspecified atom stereocenters. The Balaban J connectivity index is 0.571. The molecule has 4 aromatic carbocycles. The van der Waals surface area contributed by atoms with Gasteiger partial charge in [0.25, 0.3) is 11.8 Å². The lowest BCUT2D eigenvalue weighted by molar-refractivity contribution is 0.0739. The molecule has 4 heterocycles.